The van der Waals surface area contributed by atoms with Gasteiger partial charge in [0.05, 0.1) is 31.0 Å². The largest absolute Gasteiger partial charge is 0.389 e. The van der Waals surface area contributed by atoms with Gasteiger partial charge in [-0.15, -0.1) is 0 Å². The Balaban J connectivity index is 2.18. The Labute approximate surface area is 116 Å². The van der Waals surface area contributed by atoms with Gasteiger partial charge in [0, 0.05) is 20.2 Å². The van der Waals surface area contributed by atoms with Crippen LogP contribution in [0.2, 0.25) is 0 Å². The van der Waals surface area contributed by atoms with Gasteiger partial charge in [0.25, 0.3) is 0 Å². The van der Waals surface area contributed by atoms with Crippen molar-refractivity contribution >= 4 is 0 Å². The smallest absolute Gasteiger partial charge is 0.0900 e. The van der Waals surface area contributed by atoms with Gasteiger partial charge in [-0.05, 0) is 26.8 Å². The Morgan fingerprint density at radius 2 is 1.89 bits per heavy atom. The van der Waals surface area contributed by atoms with E-state index in [-0.39, 0.29) is 6.10 Å². The molecule has 0 aromatic heterocycles. The summed E-state index contributed by atoms with van der Waals surface area (Å²) in [5.41, 5.74) is -0.557. The molecule has 1 rings (SSSR count). The Bertz CT molecular complexity index is 244. The Hall–Kier alpha value is -0.200. The van der Waals surface area contributed by atoms with E-state index in [2.05, 4.69) is 0 Å². The van der Waals surface area contributed by atoms with E-state index >= 15 is 0 Å². The van der Waals surface area contributed by atoms with Gasteiger partial charge in [-0.1, -0.05) is 12.8 Å². The summed E-state index contributed by atoms with van der Waals surface area (Å²) in [6.07, 6.45) is 3.40. The van der Waals surface area contributed by atoms with E-state index in [1.807, 2.05) is 18.9 Å². The SMILES string of the molecule is COCC(C)OCC(O)CN(C)CC1(O)CCCC1. The third kappa shape index (κ3) is 6.68. The van der Waals surface area contributed by atoms with Crippen molar-refractivity contribution in [1.82, 2.24) is 4.90 Å². The van der Waals surface area contributed by atoms with Gasteiger partial charge in [0.15, 0.2) is 0 Å². The molecule has 0 aliphatic heterocycles. The normalized spacial score (nSPS) is 21.8. The zero-order valence-corrected chi connectivity index (χ0v) is 12.5. The summed E-state index contributed by atoms with van der Waals surface area (Å²) >= 11 is 0. The maximum atomic E-state index is 10.3. The molecule has 0 aromatic rings. The first kappa shape index (κ1) is 16.9. The standard InChI is InChI=1S/C14H29NO4/c1-12(9-18-3)19-10-13(16)8-15(2)11-14(17)6-4-5-7-14/h12-13,16-17H,4-11H2,1-3H3. The van der Waals surface area contributed by atoms with E-state index in [1.165, 1.54) is 0 Å². The lowest BCUT2D eigenvalue weighted by Gasteiger charge is -2.30. The molecular weight excluding hydrogens is 246 g/mol. The average Bonchev–Trinajstić information content (AvgIpc) is 2.73. The average molecular weight is 275 g/mol. The highest BCUT2D eigenvalue weighted by molar-refractivity contribution is 4.87. The van der Waals surface area contributed by atoms with Gasteiger partial charge >= 0.3 is 0 Å². The molecule has 2 atom stereocenters. The summed E-state index contributed by atoms with van der Waals surface area (Å²) in [4.78, 5) is 1.99. The van der Waals surface area contributed by atoms with Crippen molar-refractivity contribution in [2.75, 3.05) is 40.5 Å². The van der Waals surface area contributed by atoms with Crippen molar-refractivity contribution in [2.24, 2.45) is 0 Å². The fourth-order valence-electron chi connectivity index (χ4n) is 2.73. The van der Waals surface area contributed by atoms with Crippen molar-refractivity contribution in [3.8, 4) is 0 Å². The second-order valence-electron chi connectivity index (χ2n) is 5.88. The number of aliphatic hydroxyl groups is 2. The lowest BCUT2D eigenvalue weighted by molar-refractivity contribution is -0.0462. The molecule has 1 aliphatic rings. The van der Waals surface area contributed by atoms with E-state index in [9.17, 15) is 10.2 Å². The van der Waals surface area contributed by atoms with E-state index < -0.39 is 11.7 Å². The molecule has 5 heteroatoms. The van der Waals surface area contributed by atoms with Gasteiger partial charge in [0.1, 0.15) is 0 Å². The molecule has 0 heterocycles. The van der Waals surface area contributed by atoms with Crippen molar-refractivity contribution in [1.29, 1.82) is 0 Å². The quantitative estimate of drug-likeness (QED) is 0.646. The zero-order chi connectivity index (χ0) is 14.3. The molecule has 114 valence electrons. The number of rotatable bonds is 9. The summed E-state index contributed by atoms with van der Waals surface area (Å²) in [6.45, 7) is 3.89. The Kier molecular flexibility index (Phi) is 7.25. The summed E-state index contributed by atoms with van der Waals surface area (Å²) in [6, 6.07) is 0. The molecule has 0 radical (unpaired) electrons. The van der Waals surface area contributed by atoms with Gasteiger partial charge in [-0.25, -0.2) is 0 Å². The first-order chi connectivity index (χ1) is 8.95. The molecule has 1 aliphatic carbocycles. The van der Waals surface area contributed by atoms with Crippen LogP contribution in [0.4, 0.5) is 0 Å². The van der Waals surface area contributed by atoms with E-state index in [1.54, 1.807) is 7.11 Å². The van der Waals surface area contributed by atoms with Crippen LogP contribution in [0.1, 0.15) is 32.6 Å². The van der Waals surface area contributed by atoms with Crippen LogP contribution in [0.15, 0.2) is 0 Å². The van der Waals surface area contributed by atoms with Crippen LogP contribution in [-0.2, 0) is 9.47 Å². The number of methoxy groups -OCH3 is 1. The van der Waals surface area contributed by atoms with Gasteiger partial charge < -0.3 is 24.6 Å². The highest BCUT2D eigenvalue weighted by Gasteiger charge is 2.32. The second-order valence-corrected chi connectivity index (χ2v) is 5.88. The number of ether oxygens (including phenoxy) is 2. The summed E-state index contributed by atoms with van der Waals surface area (Å²) < 4.78 is 10.4. The van der Waals surface area contributed by atoms with E-state index in [0.29, 0.717) is 26.3 Å². The van der Waals surface area contributed by atoms with Crippen LogP contribution in [0.3, 0.4) is 0 Å². The molecule has 1 saturated carbocycles. The Morgan fingerprint density at radius 3 is 2.47 bits per heavy atom. The van der Waals surface area contributed by atoms with Crippen molar-refractivity contribution in [3.63, 3.8) is 0 Å². The predicted molar refractivity (Wildman–Crippen MR) is 74.2 cm³/mol. The van der Waals surface area contributed by atoms with Crippen LogP contribution in [-0.4, -0.2) is 73.4 Å². The highest BCUT2D eigenvalue weighted by atomic mass is 16.5. The van der Waals surface area contributed by atoms with Crippen LogP contribution in [0, 0.1) is 0 Å². The van der Waals surface area contributed by atoms with Crippen LogP contribution < -0.4 is 0 Å². The summed E-state index contributed by atoms with van der Waals surface area (Å²) in [5, 5.41) is 20.2. The molecule has 1 fully saturated rings. The molecule has 19 heavy (non-hydrogen) atoms. The number of nitrogens with zero attached hydrogens (tertiary/aromatic N) is 1. The maximum Gasteiger partial charge on any atom is 0.0900 e. The van der Waals surface area contributed by atoms with E-state index in [0.717, 1.165) is 25.7 Å². The Morgan fingerprint density at radius 1 is 1.26 bits per heavy atom. The maximum absolute atomic E-state index is 10.3. The third-order valence-corrected chi connectivity index (χ3v) is 3.60. The molecule has 0 spiro atoms. The lowest BCUT2D eigenvalue weighted by Crippen LogP contribution is -2.43. The highest BCUT2D eigenvalue weighted by Crippen LogP contribution is 2.29. The summed E-state index contributed by atoms with van der Waals surface area (Å²) in [5.74, 6) is 0. The number of hydrogen-bond donors (Lipinski definition) is 2. The van der Waals surface area contributed by atoms with Crippen molar-refractivity contribution in [2.45, 2.75) is 50.4 Å². The molecule has 0 bridgehead atoms. The minimum absolute atomic E-state index is 0.0102. The fourth-order valence-corrected chi connectivity index (χ4v) is 2.73. The predicted octanol–water partition coefficient (Wildman–Crippen LogP) is 0.636. The third-order valence-electron chi connectivity index (χ3n) is 3.60. The monoisotopic (exact) mass is 275 g/mol. The lowest BCUT2D eigenvalue weighted by atomic mass is 10.0. The minimum Gasteiger partial charge on any atom is -0.389 e. The molecular formula is C14H29NO4. The van der Waals surface area contributed by atoms with Crippen molar-refractivity contribution in [3.05, 3.63) is 0 Å². The van der Waals surface area contributed by atoms with Gasteiger partial charge in [-0.2, -0.15) is 0 Å². The van der Waals surface area contributed by atoms with Crippen LogP contribution in [0.25, 0.3) is 0 Å². The molecule has 0 saturated heterocycles. The number of aliphatic hydroxyl groups excluding tert-OH is 1. The number of hydrogen-bond acceptors (Lipinski definition) is 5. The second kappa shape index (κ2) is 8.17. The molecule has 5 nitrogen and oxygen atoms in total. The van der Waals surface area contributed by atoms with Gasteiger partial charge in [0.2, 0.25) is 0 Å². The molecule has 2 N–H and O–H groups in total. The zero-order valence-electron chi connectivity index (χ0n) is 12.5. The topological polar surface area (TPSA) is 62.2 Å². The molecule has 2 unspecified atom stereocenters. The fraction of sp³-hybridized carbons (Fsp3) is 1.00. The van der Waals surface area contributed by atoms with Crippen LogP contribution >= 0.6 is 0 Å². The molecule has 0 amide bonds. The number of likely N-dealkylation sites (N-methyl/N-ethyl adjacent to an activating group) is 1. The van der Waals surface area contributed by atoms with Crippen molar-refractivity contribution < 1.29 is 19.7 Å². The van der Waals surface area contributed by atoms with Crippen LogP contribution in [0.5, 0.6) is 0 Å². The van der Waals surface area contributed by atoms with E-state index in [4.69, 9.17) is 9.47 Å². The first-order valence-corrected chi connectivity index (χ1v) is 7.15. The summed E-state index contributed by atoms with van der Waals surface area (Å²) in [7, 11) is 3.56. The first-order valence-electron chi connectivity index (χ1n) is 7.15. The minimum atomic E-state index is -0.557. The molecule has 0 aromatic carbocycles. The van der Waals surface area contributed by atoms with Gasteiger partial charge in [-0.3, -0.25) is 0 Å².